The predicted molar refractivity (Wildman–Crippen MR) is 90.7 cm³/mol. The van der Waals surface area contributed by atoms with Crippen molar-refractivity contribution in [3.63, 3.8) is 0 Å². The normalized spacial score (nSPS) is 10.9. The minimum Gasteiger partial charge on any atom is -0.272 e. The second-order valence-corrected chi connectivity index (χ2v) is 6.15. The number of hydrogen-bond donors (Lipinski definition) is 0. The first-order chi connectivity index (χ1) is 10.5. The molecule has 0 aliphatic heterocycles. The van der Waals surface area contributed by atoms with E-state index in [1.165, 1.54) is 18.4 Å². The van der Waals surface area contributed by atoms with Gasteiger partial charge in [-0.15, -0.1) is 0 Å². The molecule has 1 aromatic heterocycles. The highest BCUT2D eigenvalue weighted by Gasteiger charge is 2.16. The average Bonchev–Trinajstić information content (AvgIpc) is 2.78. The Hall–Kier alpha value is -1.61. The van der Waals surface area contributed by atoms with Gasteiger partial charge in [-0.25, -0.2) is 4.68 Å². The van der Waals surface area contributed by atoms with Crippen molar-refractivity contribution in [3.05, 3.63) is 51.8 Å². The van der Waals surface area contributed by atoms with Crippen LogP contribution in [0.1, 0.15) is 53.5 Å². The monoisotopic (exact) mass is 318 g/mol. The van der Waals surface area contributed by atoms with Crippen LogP contribution in [0.25, 0.3) is 0 Å². The van der Waals surface area contributed by atoms with Gasteiger partial charge in [0.2, 0.25) is 0 Å². The third-order valence-electron chi connectivity index (χ3n) is 3.98. The smallest absolute Gasteiger partial charge is 0.251 e. The van der Waals surface area contributed by atoms with Gasteiger partial charge in [-0.3, -0.25) is 4.79 Å². The van der Waals surface area contributed by atoms with Gasteiger partial charge in [-0.2, -0.15) is 5.10 Å². The zero-order valence-electron chi connectivity index (χ0n) is 13.5. The Morgan fingerprint density at radius 1 is 1.18 bits per heavy atom. The number of benzene rings is 1. The van der Waals surface area contributed by atoms with E-state index in [1.54, 1.807) is 4.68 Å². The quantitative estimate of drug-likeness (QED) is 0.719. The Morgan fingerprint density at radius 2 is 1.86 bits per heavy atom. The number of unbranched alkanes of at least 4 members (excludes halogenated alkanes) is 2. The van der Waals surface area contributed by atoms with Crippen LogP contribution in [-0.2, 0) is 12.8 Å². The number of nitrogens with zero attached hydrogens (tertiary/aromatic N) is 2. The van der Waals surface area contributed by atoms with Gasteiger partial charge in [0.1, 0.15) is 0 Å². The molecule has 0 N–H and O–H groups in total. The molecule has 0 aliphatic rings. The van der Waals surface area contributed by atoms with Crippen LogP contribution in [0, 0.1) is 13.8 Å². The van der Waals surface area contributed by atoms with Crippen molar-refractivity contribution in [3.8, 4) is 0 Å². The van der Waals surface area contributed by atoms with Crippen molar-refractivity contribution in [2.45, 2.75) is 52.9 Å². The molecule has 118 valence electrons. The van der Waals surface area contributed by atoms with E-state index < -0.39 is 0 Å². The van der Waals surface area contributed by atoms with Gasteiger partial charge in [0.25, 0.3) is 5.91 Å². The van der Waals surface area contributed by atoms with Crippen molar-refractivity contribution < 1.29 is 4.79 Å². The Kier molecular flexibility index (Phi) is 5.78. The highest BCUT2D eigenvalue weighted by molar-refractivity contribution is 6.30. The third-order valence-corrected chi connectivity index (χ3v) is 4.23. The van der Waals surface area contributed by atoms with Gasteiger partial charge in [-0.1, -0.05) is 43.5 Å². The van der Waals surface area contributed by atoms with Crippen LogP contribution < -0.4 is 0 Å². The number of aryl methyl sites for hydroxylation is 1. The molecule has 0 amide bonds. The fourth-order valence-corrected chi connectivity index (χ4v) is 2.81. The van der Waals surface area contributed by atoms with Crippen LogP contribution in [-0.4, -0.2) is 15.7 Å². The lowest BCUT2D eigenvalue weighted by Crippen LogP contribution is -2.16. The summed E-state index contributed by atoms with van der Waals surface area (Å²) < 4.78 is 1.56. The molecule has 2 aromatic rings. The summed E-state index contributed by atoms with van der Waals surface area (Å²) in [7, 11) is 0. The first kappa shape index (κ1) is 16.8. The number of carbonyl (C=O) groups excluding carboxylic acids is 1. The molecule has 0 aliphatic carbocycles. The molecule has 3 nitrogen and oxygen atoms in total. The van der Waals surface area contributed by atoms with Crippen molar-refractivity contribution in [2.24, 2.45) is 0 Å². The van der Waals surface area contributed by atoms with Gasteiger partial charge < -0.3 is 0 Å². The van der Waals surface area contributed by atoms with Crippen LogP contribution in [0.4, 0.5) is 0 Å². The van der Waals surface area contributed by atoms with Gasteiger partial charge in [0.15, 0.2) is 0 Å². The number of rotatable bonds is 6. The van der Waals surface area contributed by atoms with E-state index in [2.05, 4.69) is 12.0 Å². The van der Waals surface area contributed by atoms with Crippen molar-refractivity contribution in [1.29, 1.82) is 0 Å². The third kappa shape index (κ3) is 3.98. The minimum absolute atomic E-state index is 0.00432. The number of hydrogen-bond acceptors (Lipinski definition) is 2. The van der Waals surface area contributed by atoms with Gasteiger partial charge in [-0.05, 0) is 49.9 Å². The maximum Gasteiger partial charge on any atom is 0.251 e. The molecular weight excluding hydrogens is 296 g/mol. The van der Waals surface area contributed by atoms with E-state index >= 15 is 0 Å². The molecular formula is C18H23ClN2O. The van der Waals surface area contributed by atoms with Gasteiger partial charge >= 0.3 is 0 Å². The molecule has 0 saturated heterocycles. The summed E-state index contributed by atoms with van der Waals surface area (Å²) in [6.07, 6.45) is 4.90. The Morgan fingerprint density at radius 3 is 2.50 bits per heavy atom. The van der Waals surface area contributed by atoms with Crippen LogP contribution in [0.3, 0.4) is 0 Å². The first-order valence-electron chi connectivity index (χ1n) is 7.85. The number of halogens is 1. The molecule has 0 atom stereocenters. The average molecular weight is 319 g/mol. The Balaban J connectivity index is 2.12. The molecule has 1 heterocycles. The Labute approximate surface area is 137 Å². The summed E-state index contributed by atoms with van der Waals surface area (Å²) in [6.45, 7) is 6.17. The molecule has 0 unspecified atom stereocenters. The Bertz CT molecular complexity index is 644. The van der Waals surface area contributed by atoms with Gasteiger partial charge in [0.05, 0.1) is 12.1 Å². The standard InChI is InChI=1S/C18H23ClN2O/c1-4-5-6-7-17-13(2)20-21(14(17)3)18(22)12-15-8-10-16(19)11-9-15/h8-11H,4-7,12H2,1-3H3. The van der Waals surface area contributed by atoms with E-state index in [4.69, 9.17) is 11.6 Å². The van der Waals surface area contributed by atoms with Crippen molar-refractivity contribution in [2.75, 3.05) is 0 Å². The summed E-state index contributed by atoms with van der Waals surface area (Å²) >= 11 is 5.87. The van der Waals surface area contributed by atoms with Crippen LogP contribution in [0.5, 0.6) is 0 Å². The number of aromatic nitrogens is 2. The van der Waals surface area contributed by atoms with E-state index in [-0.39, 0.29) is 5.91 Å². The molecule has 0 bridgehead atoms. The maximum atomic E-state index is 12.5. The lowest BCUT2D eigenvalue weighted by Gasteiger charge is -2.05. The van der Waals surface area contributed by atoms with Gasteiger partial charge in [0, 0.05) is 10.7 Å². The van der Waals surface area contributed by atoms with Crippen molar-refractivity contribution >= 4 is 17.5 Å². The maximum absolute atomic E-state index is 12.5. The predicted octanol–water partition coefficient (Wildman–Crippen LogP) is 4.77. The molecule has 0 spiro atoms. The molecule has 0 saturated carbocycles. The topological polar surface area (TPSA) is 34.9 Å². The first-order valence-corrected chi connectivity index (χ1v) is 8.23. The van der Waals surface area contributed by atoms with Crippen molar-refractivity contribution in [1.82, 2.24) is 9.78 Å². The summed E-state index contributed by atoms with van der Waals surface area (Å²) in [5, 5.41) is 5.12. The SMILES string of the molecule is CCCCCc1c(C)nn(C(=O)Cc2ccc(Cl)cc2)c1C. The summed E-state index contributed by atoms with van der Waals surface area (Å²) in [5.74, 6) is 0.00432. The zero-order chi connectivity index (χ0) is 16.1. The van der Waals surface area contributed by atoms with Crippen LogP contribution in [0.15, 0.2) is 24.3 Å². The number of carbonyl (C=O) groups is 1. The fourth-order valence-electron chi connectivity index (χ4n) is 2.68. The van der Waals surface area contributed by atoms with E-state index in [9.17, 15) is 4.79 Å². The largest absolute Gasteiger partial charge is 0.272 e. The molecule has 4 heteroatoms. The van der Waals surface area contributed by atoms with Crippen LogP contribution >= 0.6 is 11.6 Å². The lowest BCUT2D eigenvalue weighted by atomic mass is 10.1. The summed E-state index contributed by atoms with van der Waals surface area (Å²) in [4.78, 5) is 12.5. The van der Waals surface area contributed by atoms with E-state index in [1.807, 2.05) is 38.1 Å². The van der Waals surface area contributed by atoms with E-state index in [0.717, 1.165) is 29.8 Å². The molecule has 2 rings (SSSR count). The molecule has 0 radical (unpaired) electrons. The molecule has 22 heavy (non-hydrogen) atoms. The van der Waals surface area contributed by atoms with E-state index in [0.29, 0.717) is 11.4 Å². The second kappa shape index (κ2) is 7.59. The zero-order valence-corrected chi connectivity index (χ0v) is 14.3. The highest BCUT2D eigenvalue weighted by Crippen LogP contribution is 2.17. The summed E-state index contributed by atoms with van der Waals surface area (Å²) in [5.41, 5.74) is 4.12. The second-order valence-electron chi connectivity index (χ2n) is 5.72. The molecule has 1 aromatic carbocycles. The molecule has 0 fully saturated rings. The minimum atomic E-state index is 0.00432. The highest BCUT2D eigenvalue weighted by atomic mass is 35.5. The van der Waals surface area contributed by atoms with Crippen LogP contribution in [0.2, 0.25) is 5.02 Å². The fraction of sp³-hybridized carbons (Fsp3) is 0.444. The summed E-state index contributed by atoms with van der Waals surface area (Å²) in [6, 6.07) is 7.38. The lowest BCUT2D eigenvalue weighted by molar-refractivity contribution is 0.0895.